The first kappa shape index (κ1) is 14.0. The summed E-state index contributed by atoms with van der Waals surface area (Å²) in [4.78, 5) is 24.3. The van der Waals surface area contributed by atoms with Crippen LogP contribution in [0.15, 0.2) is 47.9 Å². The fourth-order valence-electron chi connectivity index (χ4n) is 1.56. The lowest BCUT2D eigenvalue weighted by atomic mass is 10.1. The van der Waals surface area contributed by atoms with Gasteiger partial charge in [-0.1, -0.05) is 23.8 Å². The van der Waals surface area contributed by atoms with Gasteiger partial charge in [0, 0.05) is 16.5 Å². The lowest BCUT2D eigenvalue weighted by molar-refractivity contribution is -0.117. The first-order valence-electron chi connectivity index (χ1n) is 6.04. The number of hydrogen-bond acceptors (Lipinski definition) is 3. The van der Waals surface area contributed by atoms with Gasteiger partial charge in [-0.3, -0.25) is 20.4 Å². The van der Waals surface area contributed by atoms with E-state index < -0.39 is 0 Å². The maximum atomic E-state index is 11.8. The van der Waals surface area contributed by atoms with E-state index in [-0.39, 0.29) is 11.8 Å². The molecule has 0 fully saturated rings. The largest absolute Gasteiger partial charge is 0.269 e. The molecule has 0 unspecified atom stereocenters. The van der Waals surface area contributed by atoms with Crippen LogP contribution in [0, 0.1) is 6.92 Å². The van der Waals surface area contributed by atoms with E-state index in [0.717, 1.165) is 10.4 Å². The molecule has 0 saturated carbocycles. The Morgan fingerprint density at radius 2 is 2.00 bits per heavy atom. The lowest BCUT2D eigenvalue weighted by Crippen LogP contribution is -2.40. The number of amides is 2. The Morgan fingerprint density at radius 3 is 2.70 bits per heavy atom. The number of rotatable bonds is 3. The molecule has 2 rings (SSSR count). The van der Waals surface area contributed by atoms with Crippen molar-refractivity contribution < 1.29 is 9.59 Å². The van der Waals surface area contributed by atoms with Crippen molar-refractivity contribution in [2.24, 2.45) is 0 Å². The van der Waals surface area contributed by atoms with Gasteiger partial charge in [-0.05, 0) is 36.6 Å². The molecule has 1 heterocycles. The molecule has 0 saturated heterocycles. The normalized spacial score (nSPS) is 10.4. The number of nitrogens with one attached hydrogen (secondary N) is 2. The SMILES string of the molecule is Cc1cccc(C(=O)NNC(=O)/C=C/c2cccs2)c1. The Balaban J connectivity index is 1.86. The topological polar surface area (TPSA) is 58.2 Å². The fraction of sp³-hybridized carbons (Fsp3) is 0.0667. The highest BCUT2D eigenvalue weighted by Gasteiger charge is 2.05. The number of hydrazine groups is 1. The molecule has 0 aliphatic heterocycles. The molecule has 102 valence electrons. The van der Waals surface area contributed by atoms with Crippen molar-refractivity contribution in [1.82, 2.24) is 10.9 Å². The minimum absolute atomic E-state index is 0.341. The van der Waals surface area contributed by atoms with Gasteiger partial charge in [0.1, 0.15) is 0 Å². The summed E-state index contributed by atoms with van der Waals surface area (Å²) in [6.45, 7) is 1.90. The van der Waals surface area contributed by atoms with Crippen molar-refractivity contribution in [1.29, 1.82) is 0 Å². The predicted octanol–water partition coefficient (Wildman–Crippen LogP) is 2.53. The minimum atomic E-state index is -0.376. The summed E-state index contributed by atoms with van der Waals surface area (Å²) in [5.74, 6) is -0.717. The first-order chi connectivity index (χ1) is 9.65. The van der Waals surface area contributed by atoms with Gasteiger partial charge in [0.05, 0.1) is 0 Å². The summed E-state index contributed by atoms with van der Waals surface area (Å²) in [6, 6.07) is 10.9. The second-order valence-electron chi connectivity index (χ2n) is 4.16. The van der Waals surface area contributed by atoms with Crippen molar-refractivity contribution in [3.63, 3.8) is 0 Å². The molecule has 5 heteroatoms. The van der Waals surface area contributed by atoms with Crippen molar-refractivity contribution in [3.8, 4) is 0 Å². The zero-order valence-electron chi connectivity index (χ0n) is 10.9. The molecule has 4 nitrogen and oxygen atoms in total. The summed E-state index contributed by atoms with van der Waals surface area (Å²) < 4.78 is 0. The number of thiophene rings is 1. The molecule has 0 bridgehead atoms. The summed E-state index contributed by atoms with van der Waals surface area (Å²) in [7, 11) is 0. The highest BCUT2D eigenvalue weighted by molar-refractivity contribution is 7.10. The van der Waals surface area contributed by atoms with Crippen LogP contribution in [0.2, 0.25) is 0 Å². The summed E-state index contributed by atoms with van der Waals surface area (Å²) in [6.07, 6.45) is 3.07. The van der Waals surface area contributed by atoms with Crippen LogP contribution in [0.4, 0.5) is 0 Å². The van der Waals surface area contributed by atoms with Gasteiger partial charge in [0.15, 0.2) is 0 Å². The lowest BCUT2D eigenvalue weighted by Gasteiger charge is -2.05. The maximum Gasteiger partial charge on any atom is 0.269 e. The molecule has 0 atom stereocenters. The second-order valence-corrected chi connectivity index (χ2v) is 5.14. The van der Waals surface area contributed by atoms with Gasteiger partial charge in [-0.2, -0.15) is 0 Å². The van der Waals surface area contributed by atoms with Crippen LogP contribution >= 0.6 is 11.3 Å². The third kappa shape index (κ3) is 4.07. The van der Waals surface area contributed by atoms with Crippen molar-refractivity contribution >= 4 is 29.2 Å². The van der Waals surface area contributed by atoms with Gasteiger partial charge in [0.25, 0.3) is 11.8 Å². The molecular formula is C15H14N2O2S. The minimum Gasteiger partial charge on any atom is -0.268 e. The van der Waals surface area contributed by atoms with Gasteiger partial charge in [-0.15, -0.1) is 11.3 Å². The molecule has 1 aromatic heterocycles. The van der Waals surface area contributed by atoms with Crippen LogP contribution in [0.5, 0.6) is 0 Å². The average Bonchev–Trinajstić information content (AvgIpc) is 2.95. The number of hydrogen-bond donors (Lipinski definition) is 2. The van der Waals surface area contributed by atoms with Gasteiger partial charge in [0.2, 0.25) is 0 Å². The molecular weight excluding hydrogens is 272 g/mol. The summed E-state index contributed by atoms with van der Waals surface area (Å²) >= 11 is 1.53. The molecule has 1 aromatic carbocycles. The molecule has 0 radical (unpaired) electrons. The van der Waals surface area contributed by atoms with Crippen LogP contribution in [0.25, 0.3) is 6.08 Å². The van der Waals surface area contributed by atoms with E-state index in [0.29, 0.717) is 5.56 Å². The number of benzene rings is 1. The van der Waals surface area contributed by atoms with Gasteiger partial charge >= 0.3 is 0 Å². The van der Waals surface area contributed by atoms with E-state index in [9.17, 15) is 9.59 Å². The molecule has 20 heavy (non-hydrogen) atoms. The Morgan fingerprint density at radius 1 is 1.15 bits per heavy atom. The van der Waals surface area contributed by atoms with Crippen LogP contribution in [-0.4, -0.2) is 11.8 Å². The zero-order valence-corrected chi connectivity index (χ0v) is 11.7. The summed E-state index contributed by atoms with van der Waals surface area (Å²) in [5.41, 5.74) is 6.21. The zero-order chi connectivity index (χ0) is 14.4. The van der Waals surface area contributed by atoms with E-state index in [2.05, 4.69) is 10.9 Å². The number of aryl methyl sites for hydroxylation is 1. The monoisotopic (exact) mass is 286 g/mol. The molecule has 0 aliphatic carbocycles. The Hall–Kier alpha value is -2.40. The van der Waals surface area contributed by atoms with Crippen molar-refractivity contribution in [2.75, 3.05) is 0 Å². The Bertz CT molecular complexity index is 633. The van der Waals surface area contributed by atoms with Crippen molar-refractivity contribution in [3.05, 3.63) is 63.9 Å². The smallest absolute Gasteiger partial charge is 0.268 e. The Labute approximate surface area is 121 Å². The number of carbonyl (C=O) groups is 2. The standard InChI is InChI=1S/C15H14N2O2S/c1-11-4-2-5-12(10-11)15(19)17-16-14(18)8-7-13-6-3-9-20-13/h2-10H,1H3,(H,16,18)(H,17,19)/b8-7+. The fourth-order valence-corrected chi connectivity index (χ4v) is 2.18. The highest BCUT2D eigenvalue weighted by Crippen LogP contribution is 2.09. The van der Waals surface area contributed by atoms with Crippen LogP contribution in [0.3, 0.4) is 0 Å². The van der Waals surface area contributed by atoms with Crippen LogP contribution in [-0.2, 0) is 4.79 Å². The first-order valence-corrected chi connectivity index (χ1v) is 6.92. The molecule has 0 aliphatic rings. The average molecular weight is 286 g/mol. The summed E-state index contributed by atoms with van der Waals surface area (Å²) in [5, 5.41) is 1.93. The van der Waals surface area contributed by atoms with E-state index in [1.807, 2.05) is 30.5 Å². The maximum absolute atomic E-state index is 11.8. The van der Waals surface area contributed by atoms with Gasteiger partial charge < -0.3 is 0 Å². The van der Waals surface area contributed by atoms with Gasteiger partial charge in [-0.25, -0.2) is 0 Å². The van der Waals surface area contributed by atoms with Crippen LogP contribution < -0.4 is 10.9 Å². The molecule has 0 spiro atoms. The highest BCUT2D eigenvalue weighted by atomic mass is 32.1. The third-order valence-corrected chi connectivity index (χ3v) is 3.36. The molecule has 2 N–H and O–H groups in total. The predicted molar refractivity (Wildman–Crippen MR) is 80.1 cm³/mol. The van der Waals surface area contributed by atoms with E-state index in [1.165, 1.54) is 17.4 Å². The van der Waals surface area contributed by atoms with Crippen LogP contribution in [0.1, 0.15) is 20.8 Å². The molecule has 2 aromatic rings. The van der Waals surface area contributed by atoms with E-state index in [1.54, 1.807) is 24.3 Å². The number of carbonyl (C=O) groups excluding carboxylic acids is 2. The quantitative estimate of drug-likeness (QED) is 0.673. The molecule has 2 amide bonds. The second kappa shape index (κ2) is 6.68. The van der Waals surface area contributed by atoms with E-state index >= 15 is 0 Å². The van der Waals surface area contributed by atoms with Crippen molar-refractivity contribution in [2.45, 2.75) is 6.92 Å². The Kier molecular flexibility index (Phi) is 4.68. The van der Waals surface area contributed by atoms with E-state index in [4.69, 9.17) is 0 Å². The third-order valence-electron chi connectivity index (χ3n) is 2.52.